The van der Waals surface area contributed by atoms with Crippen LogP contribution >= 0.6 is 23.2 Å². The fraction of sp³-hybridized carbons (Fsp3) is 0.406. The number of benzene rings is 3. The number of hydrogen-bond donors (Lipinski definition) is 2. The van der Waals surface area contributed by atoms with E-state index in [0.29, 0.717) is 65.6 Å². The van der Waals surface area contributed by atoms with Crippen molar-refractivity contribution in [2.45, 2.75) is 29.6 Å². The maximum atomic E-state index is 14.9. The minimum absolute atomic E-state index is 0.0718. The van der Waals surface area contributed by atoms with E-state index in [4.69, 9.17) is 27.9 Å². The second-order valence-corrected chi connectivity index (χ2v) is 15.9. The van der Waals surface area contributed by atoms with Crippen molar-refractivity contribution in [2.24, 2.45) is 0 Å². The highest BCUT2D eigenvalue weighted by Gasteiger charge is 2.54. The third-order valence-electron chi connectivity index (χ3n) is 8.28. The third kappa shape index (κ3) is 7.80. The Balaban J connectivity index is 1.59. The predicted octanol–water partition coefficient (Wildman–Crippen LogP) is 4.15. The molecule has 2 saturated heterocycles. The quantitative estimate of drug-likeness (QED) is 0.305. The first-order valence-electron chi connectivity index (χ1n) is 14.8. The summed E-state index contributed by atoms with van der Waals surface area (Å²) >= 11 is 11.3. The third-order valence-corrected chi connectivity index (χ3v) is 10.6. The van der Waals surface area contributed by atoms with Crippen LogP contribution in [0.15, 0.2) is 71.6 Å². The van der Waals surface area contributed by atoms with Gasteiger partial charge in [0.05, 0.1) is 24.4 Å². The number of carbonyl (C=O) groups is 1. The van der Waals surface area contributed by atoms with Gasteiger partial charge in [0.1, 0.15) is 21.8 Å². The van der Waals surface area contributed by atoms with Crippen molar-refractivity contribution in [1.29, 1.82) is 0 Å². The Hall–Kier alpha value is -2.35. The van der Waals surface area contributed by atoms with Crippen LogP contribution in [0.5, 0.6) is 5.75 Å². The molecule has 2 aliphatic heterocycles. The normalized spacial score (nSPS) is 23.2. The van der Waals surface area contributed by atoms with Crippen LogP contribution in [0.25, 0.3) is 0 Å². The van der Waals surface area contributed by atoms with Crippen molar-refractivity contribution < 1.29 is 22.5 Å². The van der Waals surface area contributed by atoms with Crippen LogP contribution < -0.4 is 15.4 Å². The fourth-order valence-corrected chi connectivity index (χ4v) is 7.31. The summed E-state index contributed by atoms with van der Waals surface area (Å²) in [5, 5.41) is 8.59. The first-order chi connectivity index (χ1) is 21.4. The molecule has 3 unspecified atom stereocenters. The Bertz CT molecular complexity index is 1550. The number of nitrogens with one attached hydrogen (secondary N) is 2. The van der Waals surface area contributed by atoms with Gasteiger partial charge in [0.25, 0.3) is 5.91 Å². The molecule has 2 heterocycles. The minimum Gasteiger partial charge on any atom is -0.612 e. The summed E-state index contributed by atoms with van der Waals surface area (Å²) in [7, 11) is -3.10. The van der Waals surface area contributed by atoms with E-state index in [0.717, 1.165) is 11.1 Å². The molecule has 0 radical (unpaired) electrons. The molecule has 2 N–H and O–H groups in total. The van der Waals surface area contributed by atoms with E-state index in [1.807, 2.05) is 66.4 Å². The lowest BCUT2D eigenvalue weighted by atomic mass is 9.95. The largest absolute Gasteiger partial charge is 0.612 e. The van der Waals surface area contributed by atoms with Gasteiger partial charge in [-0.25, -0.2) is 8.42 Å². The van der Waals surface area contributed by atoms with E-state index in [-0.39, 0.29) is 23.7 Å². The number of ether oxygens (including phenoxy) is 1. The molecular weight excluding hydrogens is 655 g/mol. The standard InChI is InChI=1S/C32H38Cl2N4O5S2/c1-4-43-28-21-26(44(2)40)13-14-27(28)32(31(39)38-17-15-37(16-18-38)19-20-45(3,41)42)35-29(22-5-9-24(33)10-6-22)30(36-32)23-7-11-25(34)12-8-23/h5-14,21,29-30,35-36H,4,15-20H2,1-3H3. The van der Waals surface area contributed by atoms with Gasteiger partial charge >= 0.3 is 0 Å². The molecule has 0 saturated carbocycles. The van der Waals surface area contributed by atoms with E-state index >= 15 is 0 Å². The van der Waals surface area contributed by atoms with Gasteiger partial charge in [-0.2, -0.15) is 0 Å². The van der Waals surface area contributed by atoms with Crippen LogP contribution in [0.2, 0.25) is 10.0 Å². The molecule has 3 aromatic carbocycles. The Labute approximate surface area is 278 Å². The van der Waals surface area contributed by atoms with E-state index < -0.39 is 26.7 Å². The summed E-state index contributed by atoms with van der Waals surface area (Å²) < 4.78 is 42.1. The van der Waals surface area contributed by atoms with Gasteiger partial charge in [-0.1, -0.05) is 47.5 Å². The molecule has 1 amide bonds. The Morgan fingerprint density at radius 2 is 1.49 bits per heavy atom. The molecule has 13 heteroatoms. The first-order valence-corrected chi connectivity index (χ1v) is 19.1. The van der Waals surface area contributed by atoms with Crippen LogP contribution in [-0.2, 0) is 31.5 Å². The van der Waals surface area contributed by atoms with E-state index in [1.54, 1.807) is 18.4 Å². The molecule has 2 fully saturated rings. The average molecular weight is 694 g/mol. The number of sulfone groups is 1. The first kappa shape index (κ1) is 34.0. The molecule has 0 bridgehead atoms. The summed E-state index contributed by atoms with van der Waals surface area (Å²) in [6, 6.07) is 19.7. The summed E-state index contributed by atoms with van der Waals surface area (Å²) in [5.74, 6) is 0.339. The number of amides is 1. The van der Waals surface area contributed by atoms with Crippen LogP contribution in [-0.4, -0.2) is 86.3 Å². The van der Waals surface area contributed by atoms with Crippen LogP contribution in [0.3, 0.4) is 0 Å². The smallest absolute Gasteiger partial charge is 0.262 e. The van der Waals surface area contributed by atoms with Gasteiger partial charge in [0.2, 0.25) is 0 Å². The van der Waals surface area contributed by atoms with Crippen molar-refractivity contribution in [3.63, 3.8) is 0 Å². The van der Waals surface area contributed by atoms with Gasteiger partial charge in [-0.15, -0.1) is 0 Å². The molecular formula is C32H38Cl2N4O5S2. The number of rotatable bonds is 10. The van der Waals surface area contributed by atoms with Crippen LogP contribution in [0.1, 0.15) is 35.7 Å². The highest BCUT2D eigenvalue weighted by atomic mass is 35.5. The lowest BCUT2D eigenvalue weighted by molar-refractivity contribution is -0.141. The van der Waals surface area contributed by atoms with Crippen LogP contribution in [0, 0.1) is 0 Å². The second-order valence-electron chi connectivity index (χ2n) is 11.4. The molecule has 45 heavy (non-hydrogen) atoms. The van der Waals surface area contributed by atoms with Crippen molar-refractivity contribution in [2.75, 3.05) is 57.6 Å². The molecule has 0 aliphatic carbocycles. The van der Waals surface area contributed by atoms with Gasteiger partial charge in [-0.05, 0) is 65.6 Å². The zero-order valence-electron chi connectivity index (χ0n) is 25.5. The zero-order chi connectivity index (χ0) is 32.4. The summed E-state index contributed by atoms with van der Waals surface area (Å²) in [5.41, 5.74) is 1.01. The van der Waals surface area contributed by atoms with E-state index in [2.05, 4.69) is 15.5 Å². The van der Waals surface area contributed by atoms with Gasteiger partial charge in [0, 0.05) is 60.7 Å². The highest BCUT2D eigenvalue weighted by molar-refractivity contribution is 7.91. The second kappa shape index (κ2) is 14.2. The summed E-state index contributed by atoms with van der Waals surface area (Å²) in [4.78, 5) is 19.4. The van der Waals surface area contributed by atoms with Gasteiger partial charge < -0.3 is 14.2 Å². The number of nitrogens with zero attached hydrogens (tertiary/aromatic N) is 2. The van der Waals surface area contributed by atoms with E-state index in [1.165, 1.54) is 6.26 Å². The average Bonchev–Trinajstić information content (AvgIpc) is 3.42. The fourth-order valence-electron chi connectivity index (χ4n) is 5.93. The van der Waals surface area contributed by atoms with E-state index in [9.17, 15) is 17.8 Å². The molecule has 2 aliphatic rings. The highest BCUT2D eigenvalue weighted by Crippen LogP contribution is 2.45. The van der Waals surface area contributed by atoms with Crippen molar-refractivity contribution in [3.8, 4) is 5.75 Å². The molecule has 242 valence electrons. The van der Waals surface area contributed by atoms with Crippen LogP contribution in [0.4, 0.5) is 0 Å². The van der Waals surface area contributed by atoms with Crippen molar-refractivity contribution in [3.05, 3.63) is 93.5 Å². The zero-order valence-corrected chi connectivity index (χ0v) is 28.6. The molecule has 3 atom stereocenters. The molecule has 3 aromatic rings. The number of carbonyl (C=O) groups excluding carboxylic acids is 1. The Kier molecular flexibility index (Phi) is 10.7. The molecule has 0 aromatic heterocycles. The minimum atomic E-state index is -3.10. The Morgan fingerprint density at radius 1 is 0.956 bits per heavy atom. The number of halogens is 2. The maximum Gasteiger partial charge on any atom is 0.262 e. The lowest BCUT2D eigenvalue weighted by Gasteiger charge is -2.40. The number of piperazine rings is 1. The summed E-state index contributed by atoms with van der Waals surface area (Å²) in [6.07, 6.45) is 2.84. The monoisotopic (exact) mass is 692 g/mol. The molecule has 9 nitrogen and oxygen atoms in total. The predicted molar refractivity (Wildman–Crippen MR) is 179 cm³/mol. The Morgan fingerprint density at radius 3 is 1.96 bits per heavy atom. The van der Waals surface area contributed by atoms with Crippen molar-refractivity contribution in [1.82, 2.24) is 20.4 Å². The van der Waals surface area contributed by atoms with Gasteiger partial charge in [-0.3, -0.25) is 20.3 Å². The van der Waals surface area contributed by atoms with Crippen molar-refractivity contribution >= 4 is 50.1 Å². The molecule has 5 rings (SSSR count). The number of hydrogen-bond acceptors (Lipinski definition) is 8. The lowest BCUT2D eigenvalue weighted by Crippen LogP contribution is -2.62. The van der Waals surface area contributed by atoms with Gasteiger partial charge in [0.15, 0.2) is 10.6 Å². The molecule has 0 spiro atoms. The SMILES string of the molecule is CCOc1cc([S+](C)[O-])ccc1C1(C(=O)N2CCN(CCS(C)(=O)=O)CC2)NC(c2ccc(Cl)cc2)C(c2ccc(Cl)cc2)N1. The topological polar surface area (TPSA) is 114 Å². The maximum absolute atomic E-state index is 14.9. The summed E-state index contributed by atoms with van der Waals surface area (Å²) in [6.45, 7) is 4.57.